The molecule has 0 bridgehead atoms. The summed E-state index contributed by atoms with van der Waals surface area (Å²) < 4.78 is 0. The van der Waals surface area contributed by atoms with Gasteiger partial charge < -0.3 is 0 Å². The fraction of sp³-hybridized carbons (Fsp3) is 0.800. The van der Waals surface area contributed by atoms with Crippen molar-refractivity contribution in [3.8, 4) is 0 Å². The van der Waals surface area contributed by atoms with Crippen LogP contribution in [-0.2, 0) is 0 Å². The van der Waals surface area contributed by atoms with Crippen molar-refractivity contribution in [1.29, 1.82) is 0 Å². The Morgan fingerprint density at radius 3 is 2.05 bits per heavy atom. The third-order valence-electron chi connectivity index (χ3n) is 6.03. The number of allylic oxidation sites excluding steroid dienone is 3. The van der Waals surface area contributed by atoms with Gasteiger partial charge in [0.2, 0.25) is 0 Å². The maximum Gasteiger partial charge on any atom is 0.0628 e. The van der Waals surface area contributed by atoms with Crippen molar-refractivity contribution in [2.75, 3.05) is 0 Å². The molecule has 0 N–H and O–H groups in total. The standard InChI is InChI=1S/C20H40Si/c1-8-13-14-15-16-19(6)17-18-20(7,9-2)21(10-3,11-4)12-5/h9,16H,2,8,10-15,17-18H2,1,3-7H3/b19-16-. The molecule has 0 aromatic rings. The van der Waals surface area contributed by atoms with Gasteiger partial charge in [-0.2, -0.15) is 0 Å². The average molecular weight is 309 g/mol. The van der Waals surface area contributed by atoms with Crippen molar-refractivity contribution in [2.45, 2.75) is 103 Å². The van der Waals surface area contributed by atoms with E-state index in [9.17, 15) is 0 Å². The molecular formula is C20H40Si. The number of unbranched alkanes of at least 4 members (excludes halogenated alkanes) is 3. The Morgan fingerprint density at radius 2 is 1.62 bits per heavy atom. The first-order chi connectivity index (χ1) is 9.95. The van der Waals surface area contributed by atoms with Crippen molar-refractivity contribution in [3.63, 3.8) is 0 Å². The summed E-state index contributed by atoms with van der Waals surface area (Å²) in [7, 11) is -1.23. The highest BCUT2D eigenvalue weighted by Crippen LogP contribution is 2.49. The normalized spacial score (nSPS) is 15.8. The summed E-state index contributed by atoms with van der Waals surface area (Å²) in [5, 5.41) is 0.393. The van der Waals surface area contributed by atoms with Gasteiger partial charge in [0, 0.05) is 0 Å². The lowest BCUT2D eigenvalue weighted by molar-refractivity contribution is 0.623. The highest BCUT2D eigenvalue weighted by molar-refractivity contribution is 6.83. The lowest BCUT2D eigenvalue weighted by atomic mass is 10.00. The van der Waals surface area contributed by atoms with Crippen molar-refractivity contribution < 1.29 is 0 Å². The Balaban J connectivity index is 4.71. The first-order valence-corrected chi connectivity index (χ1v) is 11.9. The molecule has 0 heterocycles. The van der Waals surface area contributed by atoms with Gasteiger partial charge in [-0.25, -0.2) is 0 Å². The van der Waals surface area contributed by atoms with Crippen LogP contribution >= 0.6 is 0 Å². The summed E-state index contributed by atoms with van der Waals surface area (Å²) in [6, 6.07) is 4.17. The Labute approximate surface area is 136 Å². The van der Waals surface area contributed by atoms with Crippen molar-refractivity contribution in [2.24, 2.45) is 0 Å². The smallest absolute Gasteiger partial charge is 0.0628 e. The molecule has 0 rings (SSSR count). The Hall–Kier alpha value is -0.303. The molecule has 21 heavy (non-hydrogen) atoms. The third kappa shape index (κ3) is 5.77. The zero-order valence-electron chi connectivity index (χ0n) is 15.7. The van der Waals surface area contributed by atoms with Crippen LogP contribution in [0.15, 0.2) is 24.3 Å². The van der Waals surface area contributed by atoms with Gasteiger partial charge in [-0.1, -0.05) is 83.3 Å². The summed E-state index contributed by atoms with van der Waals surface area (Å²) in [6.45, 7) is 18.5. The van der Waals surface area contributed by atoms with Gasteiger partial charge in [0.1, 0.15) is 0 Å². The molecule has 0 aromatic carbocycles. The van der Waals surface area contributed by atoms with Crippen molar-refractivity contribution in [1.82, 2.24) is 0 Å². The quantitative estimate of drug-likeness (QED) is 0.196. The highest BCUT2D eigenvalue weighted by Gasteiger charge is 2.43. The SMILES string of the molecule is C=CC(C)(CC/C(C)=C\CCCCC)[Si](CC)(CC)CC. The predicted octanol–water partition coefficient (Wildman–Crippen LogP) is 7.75. The second-order valence-electron chi connectivity index (χ2n) is 7.01. The topological polar surface area (TPSA) is 0 Å². The zero-order valence-corrected chi connectivity index (χ0v) is 16.7. The molecule has 0 amide bonds. The molecule has 0 saturated carbocycles. The summed E-state index contributed by atoms with van der Waals surface area (Å²) in [5.74, 6) is 0. The van der Waals surface area contributed by atoms with Crippen LogP contribution in [0.1, 0.15) is 80.1 Å². The van der Waals surface area contributed by atoms with Gasteiger partial charge in [0.15, 0.2) is 0 Å². The molecule has 0 aliphatic carbocycles. The van der Waals surface area contributed by atoms with E-state index in [1.807, 2.05) is 0 Å². The van der Waals surface area contributed by atoms with E-state index in [1.165, 1.54) is 56.7 Å². The Bertz CT molecular complexity index is 304. The summed E-state index contributed by atoms with van der Waals surface area (Å²) in [6.07, 6.45) is 12.6. The van der Waals surface area contributed by atoms with Gasteiger partial charge >= 0.3 is 0 Å². The minimum atomic E-state index is -1.23. The molecule has 0 spiro atoms. The first kappa shape index (κ1) is 20.7. The molecule has 0 aromatic heterocycles. The van der Waals surface area contributed by atoms with Gasteiger partial charge in [0.25, 0.3) is 0 Å². The molecule has 0 saturated heterocycles. The molecule has 0 fully saturated rings. The minimum Gasteiger partial charge on any atom is -0.103 e. The zero-order chi connectivity index (χ0) is 16.4. The maximum atomic E-state index is 4.22. The Kier molecular flexibility index (Phi) is 10.3. The molecule has 0 nitrogen and oxygen atoms in total. The van der Waals surface area contributed by atoms with E-state index in [2.05, 4.69) is 60.3 Å². The second-order valence-corrected chi connectivity index (χ2v) is 12.8. The van der Waals surface area contributed by atoms with E-state index in [0.717, 1.165) is 0 Å². The van der Waals surface area contributed by atoms with Gasteiger partial charge in [0.05, 0.1) is 8.07 Å². The number of rotatable bonds is 12. The van der Waals surface area contributed by atoms with Crippen LogP contribution in [0.5, 0.6) is 0 Å². The third-order valence-corrected chi connectivity index (χ3v) is 13.0. The summed E-state index contributed by atoms with van der Waals surface area (Å²) in [5.41, 5.74) is 1.59. The number of hydrogen-bond donors (Lipinski definition) is 0. The average Bonchev–Trinajstić information content (AvgIpc) is 2.51. The summed E-state index contributed by atoms with van der Waals surface area (Å²) in [4.78, 5) is 0. The molecule has 0 aliphatic rings. The lowest BCUT2D eigenvalue weighted by Gasteiger charge is -2.45. The van der Waals surface area contributed by atoms with Crippen LogP contribution in [-0.4, -0.2) is 8.07 Å². The largest absolute Gasteiger partial charge is 0.103 e. The fourth-order valence-electron chi connectivity index (χ4n) is 3.85. The fourth-order valence-corrected chi connectivity index (χ4v) is 8.86. The lowest BCUT2D eigenvalue weighted by Crippen LogP contribution is -2.43. The minimum absolute atomic E-state index is 0.393. The molecule has 1 heteroatoms. The second kappa shape index (κ2) is 10.4. The highest BCUT2D eigenvalue weighted by atomic mass is 28.3. The Morgan fingerprint density at radius 1 is 1.05 bits per heavy atom. The van der Waals surface area contributed by atoms with Crippen LogP contribution < -0.4 is 0 Å². The van der Waals surface area contributed by atoms with Gasteiger partial charge in [-0.3, -0.25) is 0 Å². The summed E-state index contributed by atoms with van der Waals surface area (Å²) >= 11 is 0. The van der Waals surface area contributed by atoms with Gasteiger partial charge in [-0.15, -0.1) is 6.58 Å². The van der Waals surface area contributed by atoms with Crippen LogP contribution in [0.3, 0.4) is 0 Å². The monoisotopic (exact) mass is 308 g/mol. The van der Waals surface area contributed by atoms with E-state index in [4.69, 9.17) is 0 Å². The molecule has 1 atom stereocenters. The van der Waals surface area contributed by atoms with Crippen LogP contribution in [0.25, 0.3) is 0 Å². The van der Waals surface area contributed by atoms with Crippen molar-refractivity contribution in [3.05, 3.63) is 24.3 Å². The van der Waals surface area contributed by atoms with E-state index >= 15 is 0 Å². The predicted molar refractivity (Wildman–Crippen MR) is 103 cm³/mol. The molecule has 1 unspecified atom stereocenters. The molecule has 0 aliphatic heterocycles. The van der Waals surface area contributed by atoms with Crippen LogP contribution in [0, 0.1) is 0 Å². The first-order valence-electron chi connectivity index (χ1n) is 9.24. The van der Waals surface area contributed by atoms with Crippen molar-refractivity contribution >= 4 is 8.07 Å². The maximum absolute atomic E-state index is 4.22. The van der Waals surface area contributed by atoms with E-state index in [-0.39, 0.29) is 0 Å². The van der Waals surface area contributed by atoms with E-state index < -0.39 is 8.07 Å². The van der Waals surface area contributed by atoms with Gasteiger partial charge in [-0.05, 0) is 37.6 Å². The van der Waals surface area contributed by atoms with E-state index in [0.29, 0.717) is 5.04 Å². The van der Waals surface area contributed by atoms with E-state index in [1.54, 1.807) is 5.57 Å². The molecule has 0 radical (unpaired) electrons. The molecular weight excluding hydrogens is 268 g/mol. The number of hydrogen-bond acceptors (Lipinski definition) is 0. The van der Waals surface area contributed by atoms with Crippen LogP contribution in [0.4, 0.5) is 0 Å². The van der Waals surface area contributed by atoms with Crippen LogP contribution in [0.2, 0.25) is 23.2 Å². The molecule has 124 valence electrons.